The van der Waals surface area contributed by atoms with Crippen LogP contribution in [0, 0.1) is 5.82 Å². The first-order valence-electron chi connectivity index (χ1n) is 9.98. The molecule has 1 amide bonds. The van der Waals surface area contributed by atoms with Crippen LogP contribution in [0.1, 0.15) is 16.7 Å². The number of aromatic hydroxyl groups is 1. The molecule has 1 fully saturated rings. The van der Waals surface area contributed by atoms with E-state index in [1.165, 1.54) is 23.9 Å². The molecule has 3 rings (SSSR count). The SMILES string of the molecule is C=CCc1cc(F)cc(/C=N/NC(=O)CN2CCN(Cc3ccccc3)CC2)c1O. The van der Waals surface area contributed by atoms with Crippen LogP contribution in [0.2, 0.25) is 0 Å². The summed E-state index contributed by atoms with van der Waals surface area (Å²) >= 11 is 0. The highest BCUT2D eigenvalue weighted by atomic mass is 19.1. The smallest absolute Gasteiger partial charge is 0.254 e. The maximum Gasteiger partial charge on any atom is 0.254 e. The molecule has 0 unspecified atom stereocenters. The van der Waals surface area contributed by atoms with Crippen molar-refractivity contribution < 1.29 is 14.3 Å². The molecular weight excluding hydrogens is 383 g/mol. The van der Waals surface area contributed by atoms with Gasteiger partial charge in [0.2, 0.25) is 0 Å². The van der Waals surface area contributed by atoms with E-state index in [0.717, 1.165) is 32.7 Å². The molecule has 1 saturated heterocycles. The van der Waals surface area contributed by atoms with Gasteiger partial charge in [0.25, 0.3) is 5.91 Å². The van der Waals surface area contributed by atoms with Crippen molar-refractivity contribution in [2.75, 3.05) is 32.7 Å². The fraction of sp³-hybridized carbons (Fsp3) is 0.304. The molecule has 0 radical (unpaired) electrons. The number of benzene rings is 2. The molecule has 30 heavy (non-hydrogen) atoms. The van der Waals surface area contributed by atoms with E-state index in [4.69, 9.17) is 0 Å². The Bertz CT molecular complexity index is 894. The Hall–Kier alpha value is -3.03. The van der Waals surface area contributed by atoms with E-state index in [1.807, 2.05) is 18.2 Å². The van der Waals surface area contributed by atoms with Gasteiger partial charge in [0.15, 0.2) is 0 Å². The van der Waals surface area contributed by atoms with Gasteiger partial charge in [0.05, 0.1) is 12.8 Å². The standard InChI is InChI=1S/C23H27FN4O2/c1-2-6-19-13-21(24)14-20(23(19)30)15-25-26-22(29)17-28-11-9-27(10-12-28)16-18-7-4-3-5-8-18/h2-5,7-8,13-15,30H,1,6,9-12,16-17H2,(H,26,29)/b25-15+. The molecule has 2 N–H and O–H groups in total. The van der Waals surface area contributed by atoms with Crippen molar-refractivity contribution in [3.05, 3.63) is 77.6 Å². The monoisotopic (exact) mass is 410 g/mol. The van der Waals surface area contributed by atoms with Crippen LogP contribution in [0.3, 0.4) is 0 Å². The van der Waals surface area contributed by atoms with Crippen molar-refractivity contribution in [2.24, 2.45) is 5.10 Å². The predicted octanol–water partition coefficient (Wildman–Crippen LogP) is 2.53. The van der Waals surface area contributed by atoms with Gasteiger partial charge in [-0.05, 0) is 24.1 Å². The van der Waals surface area contributed by atoms with Crippen LogP contribution in [0.15, 0.2) is 60.2 Å². The summed E-state index contributed by atoms with van der Waals surface area (Å²) in [6.45, 7) is 8.15. The Labute approximate surface area is 176 Å². The number of phenolic OH excluding ortho intramolecular Hbond substituents is 1. The van der Waals surface area contributed by atoms with Crippen LogP contribution in [-0.4, -0.2) is 59.8 Å². The number of phenols is 1. The van der Waals surface area contributed by atoms with Crippen molar-refractivity contribution in [3.63, 3.8) is 0 Å². The zero-order valence-electron chi connectivity index (χ0n) is 16.9. The van der Waals surface area contributed by atoms with Crippen molar-refractivity contribution in [3.8, 4) is 5.75 Å². The van der Waals surface area contributed by atoms with Crippen LogP contribution in [0.5, 0.6) is 5.75 Å². The molecule has 2 aromatic rings. The summed E-state index contributed by atoms with van der Waals surface area (Å²) in [5.74, 6) is -0.792. The number of hydrogen-bond acceptors (Lipinski definition) is 5. The summed E-state index contributed by atoms with van der Waals surface area (Å²) in [6.07, 6.45) is 3.17. The van der Waals surface area contributed by atoms with Gasteiger partial charge >= 0.3 is 0 Å². The third-order valence-corrected chi connectivity index (χ3v) is 5.02. The maximum atomic E-state index is 13.7. The summed E-state index contributed by atoms with van der Waals surface area (Å²) in [5, 5.41) is 14.0. The summed E-state index contributed by atoms with van der Waals surface area (Å²) in [7, 11) is 0. The Morgan fingerprint density at radius 1 is 1.17 bits per heavy atom. The Kier molecular flexibility index (Phi) is 7.70. The summed E-state index contributed by atoms with van der Waals surface area (Å²) in [4.78, 5) is 16.6. The first kappa shape index (κ1) is 21.7. The number of halogens is 1. The van der Waals surface area contributed by atoms with Crippen LogP contribution in [0.25, 0.3) is 0 Å². The van der Waals surface area contributed by atoms with Crippen molar-refractivity contribution >= 4 is 12.1 Å². The van der Waals surface area contributed by atoms with Gasteiger partial charge in [-0.2, -0.15) is 5.10 Å². The number of rotatable bonds is 8. The molecule has 1 heterocycles. The van der Waals surface area contributed by atoms with Gasteiger partial charge in [-0.15, -0.1) is 6.58 Å². The second-order valence-corrected chi connectivity index (χ2v) is 7.33. The zero-order valence-corrected chi connectivity index (χ0v) is 16.9. The van der Waals surface area contributed by atoms with Crippen molar-refractivity contribution in [2.45, 2.75) is 13.0 Å². The molecule has 1 aliphatic rings. The van der Waals surface area contributed by atoms with Gasteiger partial charge in [-0.25, -0.2) is 9.82 Å². The molecule has 158 valence electrons. The summed E-state index contributed by atoms with van der Waals surface area (Å²) in [5.41, 5.74) is 4.37. The fourth-order valence-electron chi connectivity index (χ4n) is 3.45. The number of hydrogen-bond donors (Lipinski definition) is 2. The van der Waals surface area contributed by atoms with Crippen molar-refractivity contribution in [1.29, 1.82) is 0 Å². The van der Waals surface area contributed by atoms with Gasteiger partial charge < -0.3 is 5.11 Å². The van der Waals surface area contributed by atoms with E-state index < -0.39 is 5.82 Å². The van der Waals surface area contributed by atoms with E-state index >= 15 is 0 Å². The summed E-state index contributed by atoms with van der Waals surface area (Å²) in [6, 6.07) is 12.8. The highest BCUT2D eigenvalue weighted by Gasteiger charge is 2.18. The predicted molar refractivity (Wildman–Crippen MR) is 116 cm³/mol. The van der Waals surface area contributed by atoms with E-state index in [2.05, 4.69) is 39.0 Å². The molecule has 2 aromatic carbocycles. The highest BCUT2D eigenvalue weighted by Crippen LogP contribution is 2.23. The molecule has 0 aromatic heterocycles. The highest BCUT2D eigenvalue weighted by molar-refractivity contribution is 5.86. The number of piperazine rings is 1. The maximum absolute atomic E-state index is 13.7. The first-order chi connectivity index (χ1) is 14.5. The average molecular weight is 410 g/mol. The number of nitrogens with one attached hydrogen (secondary N) is 1. The average Bonchev–Trinajstić information content (AvgIpc) is 2.73. The Morgan fingerprint density at radius 2 is 1.87 bits per heavy atom. The van der Waals surface area contributed by atoms with Crippen LogP contribution in [-0.2, 0) is 17.8 Å². The van der Waals surface area contributed by atoms with Crippen LogP contribution in [0.4, 0.5) is 4.39 Å². The topological polar surface area (TPSA) is 68.2 Å². The minimum Gasteiger partial charge on any atom is -0.507 e. The van der Waals surface area contributed by atoms with Gasteiger partial charge in [0, 0.05) is 43.9 Å². The lowest BCUT2D eigenvalue weighted by molar-refractivity contribution is -0.122. The Balaban J connectivity index is 1.45. The second kappa shape index (κ2) is 10.7. The lowest BCUT2D eigenvalue weighted by Crippen LogP contribution is -2.48. The normalized spacial score (nSPS) is 15.4. The molecule has 6 nitrogen and oxygen atoms in total. The zero-order chi connectivity index (χ0) is 21.3. The van der Waals surface area contributed by atoms with E-state index in [9.17, 15) is 14.3 Å². The third kappa shape index (κ3) is 6.23. The van der Waals surface area contributed by atoms with E-state index in [-0.39, 0.29) is 23.8 Å². The minimum absolute atomic E-state index is 0.0659. The number of allylic oxidation sites excluding steroid dienone is 1. The number of carbonyl (C=O) groups excluding carboxylic acids is 1. The second-order valence-electron chi connectivity index (χ2n) is 7.33. The lowest BCUT2D eigenvalue weighted by atomic mass is 10.1. The molecule has 0 aliphatic carbocycles. The molecule has 0 spiro atoms. The molecular formula is C23H27FN4O2. The third-order valence-electron chi connectivity index (χ3n) is 5.02. The molecule has 0 bridgehead atoms. The summed E-state index contributed by atoms with van der Waals surface area (Å²) < 4.78 is 13.7. The minimum atomic E-state index is -0.481. The molecule has 0 atom stereocenters. The van der Waals surface area contributed by atoms with E-state index in [0.29, 0.717) is 12.0 Å². The lowest BCUT2D eigenvalue weighted by Gasteiger charge is -2.34. The van der Waals surface area contributed by atoms with Crippen LogP contribution >= 0.6 is 0 Å². The van der Waals surface area contributed by atoms with Crippen LogP contribution < -0.4 is 5.43 Å². The van der Waals surface area contributed by atoms with E-state index in [1.54, 1.807) is 6.08 Å². The molecule has 1 aliphatic heterocycles. The number of hydrazone groups is 1. The largest absolute Gasteiger partial charge is 0.507 e. The molecule has 0 saturated carbocycles. The first-order valence-corrected chi connectivity index (χ1v) is 9.98. The fourth-order valence-corrected chi connectivity index (χ4v) is 3.45. The van der Waals surface area contributed by atoms with Gasteiger partial charge in [0.1, 0.15) is 11.6 Å². The number of carbonyl (C=O) groups is 1. The number of nitrogens with zero attached hydrogens (tertiary/aromatic N) is 3. The van der Waals surface area contributed by atoms with Gasteiger partial charge in [-0.1, -0.05) is 36.4 Å². The molecule has 7 heteroatoms. The number of amides is 1. The quantitative estimate of drug-likeness (QED) is 0.399. The van der Waals surface area contributed by atoms with Crippen molar-refractivity contribution in [1.82, 2.24) is 15.2 Å². The van der Waals surface area contributed by atoms with Gasteiger partial charge in [-0.3, -0.25) is 14.6 Å². The Morgan fingerprint density at radius 3 is 2.57 bits per heavy atom.